The fourth-order valence-electron chi connectivity index (χ4n) is 3.11. The van der Waals surface area contributed by atoms with Gasteiger partial charge in [-0.25, -0.2) is 0 Å². The molecule has 1 atom stereocenters. The van der Waals surface area contributed by atoms with Crippen molar-refractivity contribution in [2.75, 3.05) is 20.1 Å². The van der Waals surface area contributed by atoms with Crippen LogP contribution in [0.1, 0.15) is 38.5 Å². The van der Waals surface area contributed by atoms with E-state index in [9.17, 15) is 9.59 Å². The van der Waals surface area contributed by atoms with Crippen LogP contribution in [-0.4, -0.2) is 47.8 Å². The molecule has 1 saturated heterocycles. The minimum absolute atomic E-state index is 0.00379. The lowest BCUT2D eigenvalue weighted by atomic mass is 10.1. The Balaban J connectivity index is 1.91. The number of amides is 2. The average molecular weight is 263 g/mol. The minimum atomic E-state index is -0.211. The topological polar surface area (TPSA) is 64.4 Å². The van der Waals surface area contributed by atoms with Gasteiger partial charge in [-0.05, 0) is 12.8 Å². The molecule has 5 nitrogen and oxygen atoms in total. The van der Waals surface area contributed by atoms with E-state index < -0.39 is 0 Å². The van der Waals surface area contributed by atoms with Crippen LogP contribution < -0.4 is 0 Å². The molecular formula is C14H21N3O2. The molecule has 5 heteroatoms. The highest BCUT2D eigenvalue weighted by Gasteiger charge is 2.39. The Kier molecular flexibility index (Phi) is 4.41. The highest BCUT2D eigenvalue weighted by Crippen LogP contribution is 2.30. The Hall–Kier alpha value is -1.57. The summed E-state index contributed by atoms with van der Waals surface area (Å²) >= 11 is 0. The van der Waals surface area contributed by atoms with E-state index in [-0.39, 0.29) is 17.7 Å². The Morgan fingerprint density at radius 2 is 2.16 bits per heavy atom. The smallest absolute Gasteiger partial charge is 0.227 e. The number of rotatable bonds is 4. The molecule has 0 aromatic carbocycles. The van der Waals surface area contributed by atoms with Gasteiger partial charge in [-0.2, -0.15) is 5.26 Å². The zero-order chi connectivity index (χ0) is 13.8. The summed E-state index contributed by atoms with van der Waals surface area (Å²) < 4.78 is 0. The van der Waals surface area contributed by atoms with E-state index in [0.29, 0.717) is 32.0 Å². The van der Waals surface area contributed by atoms with Gasteiger partial charge in [-0.15, -0.1) is 0 Å². The van der Waals surface area contributed by atoms with Crippen molar-refractivity contribution in [3.8, 4) is 6.07 Å². The quantitative estimate of drug-likeness (QED) is 0.764. The fraction of sp³-hybridized carbons (Fsp3) is 0.786. The molecule has 19 heavy (non-hydrogen) atoms. The van der Waals surface area contributed by atoms with Crippen molar-refractivity contribution in [2.45, 2.75) is 44.6 Å². The van der Waals surface area contributed by atoms with Crippen molar-refractivity contribution in [3.05, 3.63) is 0 Å². The third-order valence-corrected chi connectivity index (χ3v) is 4.21. The minimum Gasteiger partial charge on any atom is -0.344 e. The van der Waals surface area contributed by atoms with Crippen molar-refractivity contribution >= 4 is 11.8 Å². The van der Waals surface area contributed by atoms with Crippen LogP contribution in [0.2, 0.25) is 0 Å². The molecule has 0 N–H and O–H groups in total. The summed E-state index contributed by atoms with van der Waals surface area (Å²) in [4.78, 5) is 27.7. The Morgan fingerprint density at radius 1 is 1.47 bits per heavy atom. The van der Waals surface area contributed by atoms with Crippen LogP contribution in [0.25, 0.3) is 0 Å². The maximum Gasteiger partial charge on any atom is 0.227 e. The zero-order valence-electron chi connectivity index (χ0n) is 11.5. The Labute approximate surface area is 114 Å². The van der Waals surface area contributed by atoms with E-state index in [0.717, 1.165) is 12.8 Å². The summed E-state index contributed by atoms with van der Waals surface area (Å²) in [6, 6.07) is 2.39. The highest BCUT2D eigenvalue weighted by molar-refractivity contribution is 5.89. The van der Waals surface area contributed by atoms with Gasteiger partial charge >= 0.3 is 0 Å². The first-order valence-corrected chi connectivity index (χ1v) is 7.05. The third kappa shape index (κ3) is 3.06. The lowest BCUT2D eigenvalue weighted by Crippen LogP contribution is -2.37. The summed E-state index contributed by atoms with van der Waals surface area (Å²) in [5.74, 6) is -0.0835. The molecule has 1 saturated carbocycles. The van der Waals surface area contributed by atoms with E-state index in [1.54, 1.807) is 11.9 Å². The summed E-state index contributed by atoms with van der Waals surface area (Å²) in [7, 11) is 1.71. The zero-order valence-corrected chi connectivity index (χ0v) is 11.5. The first-order valence-electron chi connectivity index (χ1n) is 7.05. The van der Waals surface area contributed by atoms with E-state index in [4.69, 9.17) is 5.26 Å². The first-order chi connectivity index (χ1) is 9.13. The molecule has 2 amide bonds. The average Bonchev–Trinajstić information content (AvgIpc) is 3.03. The van der Waals surface area contributed by atoms with E-state index in [1.807, 2.05) is 11.0 Å². The van der Waals surface area contributed by atoms with Gasteiger partial charge in [0.05, 0.1) is 18.4 Å². The van der Waals surface area contributed by atoms with Crippen molar-refractivity contribution in [1.82, 2.24) is 9.80 Å². The van der Waals surface area contributed by atoms with Gasteiger partial charge in [-0.3, -0.25) is 9.59 Å². The lowest BCUT2D eigenvalue weighted by molar-refractivity contribution is -0.134. The van der Waals surface area contributed by atoms with Crippen LogP contribution in [0, 0.1) is 17.2 Å². The predicted octanol–water partition coefficient (Wildman–Crippen LogP) is 1.15. The van der Waals surface area contributed by atoms with Crippen LogP contribution in [0.5, 0.6) is 0 Å². The number of carbonyl (C=O) groups is 2. The van der Waals surface area contributed by atoms with Gasteiger partial charge in [0.1, 0.15) is 0 Å². The van der Waals surface area contributed by atoms with Crippen LogP contribution in [-0.2, 0) is 9.59 Å². The fourth-order valence-corrected chi connectivity index (χ4v) is 3.11. The first kappa shape index (κ1) is 13.9. The SMILES string of the molecule is CN(CCC#N)C(=O)[C@@H]1CC(=O)N(C2CCCC2)C1. The van der Waals surface area contributed by atoms with Gasteiger partial charge in [0.15, 0.2) is 0 Å². The van der Waals surface area contributed by atoms with Crippen molar-refractivity contribution in [2.24, 2.45) is 5.92 Å². The predicted molar refractivity (Wildman–Crippen MR) is 69.9 cm³/mol. The number of nitrogens with zero attached hydrogens (tertiary/aromatic N) is 3. The van der Waals surface area contributed by atoms with Crippen LogP contribution in [0.15, 0.2) is 0 Å². The molecule has 0 unspecified atom stereocenters. The number of likely N-dealkylation sites (tertiary alicyclic amines) is 1. The van der Waals surface area contributed by atoms with Gasteiger partial charge < -0.3 is 9.80 Å². The monoisotopic (exact) mass is 263 g/mol. The molecule has 2 rings (SSSR count). The van der Waals surface area contributed by atoms with Crippen molar-refractivity contribution in [1.29, 1.82) is 5.26 Å². The summed E-state index contributed by atoms with van der Waals surface area (Å²) in [5, 5.41) is 8.54. The van der Waals surface area contributed by atoms with Gasteiger partial charge in [0, 0.05) is 32.6 Å². The molecule has 0 spiro atoms. The van der Waals surface area contributed by atoms with E-state index in [1.165, 1.54) is 12.8 Å². The van der Waals surface area contributed by atoms with Crippen molar-refractivity contribution in [3.63, 3.8) is 0 Å². The number of hydrogen-bond donors (Lipinski definition) is 0. The van der Waals surface area contributed by atoms with Gasteiger partial charge in [0.25, 0.3) is 0 Å². The molecule has 104 valence electrons. The molecule has 1 aliphatic carbocycles. The van der Waals surface area contributed by atoms with E-state index in [2.05, 4.69) is 0 Å². The summed E-state index contributed by atoms with van der Waals surface area (Å²) in [6.45, 7) is 1.02. The van der Waals surface area contributed by atoms with Gasteiger partial charge in [-0.1, -0.05) is 12.8 Å². The Bertz CT molecular complexity index is 396. The van der Waals surface area contributed by atoms with Crippen LogP contribution >= 0.6 is 0 Å². The molecule has 0 radical (unpaired) electrons. The van der Waals surface area contributed by atoms with Gasteiger partial charge in [0.2, 0.25) is 11.8 Å². The second kappa shape index (κ2) is 6.05. The van der Waals surface area contributed by atoms with E-state index >= 15 is 0 Å². The molecule has 0 aromatic rings. The molecule has 0 aromatic heterocycles. The standard InChI is InChI=1S/C14H21N3O2/c1-16(8-4-7-15)14(19)11-9-13(18)17(10-11)12-5-2-3-6-12/h11-12H,2-6,8-10H2,1H3/t11-/m1/s1. The normalized spacial score (nSPS) is 23.7. The number of carbonyl (C=O) groups excluding carboxylic acids is 2. The maximum absolute atomic E-state index is 12.2. The van der Waals surface area contributed by atoms with Crippen LogP contribution in [0.4, 0.5) is 0 Å². The highest BCUT2D eigenvalue weighted by atomic mass is 16.2. The molecule has 2 aliphatic rings. The lowest BCUT2D eigenvalue weighted by Gasteiger charge is -2.25. The Morgan fingerprint density at radius 3 is 2.79 bits per heavy atom. The van der Waals surface area contributed by atoms with Crippen LogP contribution in [0.3, 0.4) is 0 Å². The second-order valence-corrected chi connectivity index (χ2v) is 5.55. The molecule has 1 heterocycles. The molecule has 0 bridgehead atoms. The van der Waals surface area contributed by atoms with Crippen molar-refractivity contribution < 1.29 is 9.59 Å². The molecular weight excluding hydrogens is 242 g/mol. The maximum atomic E-state index is 12.2. The number of hydrogen-bond acceptors (Lipinski definition) is 3. The third-order valence-electron chi connectivity index (χ3n) is 4.21. The molecule has 2 fully saturated rings. The summed E-state index contributed by atoms with van der Waals surface area (Å²) in [6.07, 6.45) is 5.22. The largest absolute Gasteiger partial charge is 0.344 e. The number of nitriles is 1. The summed E-state index contributed by atoms with van der Waals surface area (Å²) in [5.41, 5.74) is 0. The molecule has 1 aliphatic heterocycles. The second-order valence-electron chi connectivity index (χ2n) is 5.55.